The molecule has 7 nitrogen and oxygen atoms in total. The van der Waals surface area contributed by atoms with Gasteiger partial charge in [0.25, 0.3) is 0 Å². The van der Waals surface area contributed by atoms with Crippen molar-refractivity contribution in [3.8, 4) is 0 Å². The molecule has 1 aliphatic rings. The van der Waals surface area contributed by atoms with E-state index >= 15 is 0 Å². The molecular formula is C27H42N2O5. The molecule has 0 spiro atoms. The van der Waals surface area contributed by atoms with E-state index < -0.39 is 35.7 Å². The summed E-state index contributed by atoms with van der Waals surface area (Å²) in [4.78, 5) is 38.6. The fraction of sp³-hybridized carbons (Fsp3) is 0.667. The van der Waals surface area contributed by atoms with E-state index in [0.29, 0.717) is 18.8 Å². The van der Waals surface area contributed by atoms with Crippen LogP contribution in [-0.2, 0) is 25.7 Å². The number of ether oxygens (including phenoxy) is 2. The van der Waals surface area contributed by atoms with Crippen LogP contribution in [0.25, 0.3) is 0 Å². The Morgan fingerprint density at radius 2 is 1.62 bits per heavy atom. The first-order valence-corrected chi connectivity index (χ1v) is 12.5. The molecule has 190 valence electrons. The second kappa shape index (κ2) is 13.4. The van der Waals surface area contributed by atoms with Gasteiger partial charge < -0.3 is 20.1 Å². The van der Waals surface area contributed by atoms with Crippen LogP contribution in [0.2, 0.25) is 0 Å². The lowest BCUT2D eigenvalue weighted by atomic mass is 9.84. The molecular weight excluding hydrogens is 432 g/mol. The highest BCUT2D eigenvalue weighted by Gasteiger charge is 2.31. The summed E-state index contributed by atoms with van der Waals surface area (Å²) in [5.74, 6) is -0.307. The summed E-state index contributed by atoms with van der Waals surface area (Å²) in [7, 11) is 0. The number of carbonyl (C=O) groups is 3. The Morgan fingerprint density at radius 3 is 2.21 bits per heavy atom. The number of alkyl carbamates (subject to hydrolysis) is 1. The Bertz CT molecular complexity index is 782. The fourth-order valence-corrected chi connectivity index (χ4v) is 4.22. The number of rotatable bonds is 10. The molecule has 0 aliphatic heterocycles. The van der Waals surface area contributed by atoms with Gasteiger partial charge in [0.15, 0.2) is 0 Å². The Balaban J connectivity index is 2.08. The predicted molar refractivity (Wildman–Crippen MR) is 132 cm³/mol. The monoisotopic (exact) mass is 474 g/mol. The van der Waals surface area contributed by atoms with Gasteiger partial charge in [0.1, 0.15) is 24.3 Å². The largest absolute Gasteiger partial charge is 0.459 e. The molecule has 0 unspecified atom stereocenters. The lowest BCUT2D eigenvalue weighted by Crippen LogP contribution is -2.53. The first-order chi connectivity index (χ1) is 16.0. The Morgan fingerprint density at radius 1 is 0.971 bits per heavy atom. The zero-order chi connectivity index (χ0) is 25.1. The molecule has 1 saturated carbocycles. The van der Waals surface area contributed by atoms with E-state index in [0.717, 1.165) is 31.2 Å². The van der Waals surface area contributed by atoms with Crippen LogP contribution < -0.4 is 10.6 Å². The Kier molecular flexibility index (Phi) is 10.9. The van der Waals surface area contributed by atoms with Crippen LogP contribution in [0.3, 0.4) is 0 Å². The van der Waals surface area contributed by atoms with Gasteiger partial charge in [-0.3, -0.25) is 4.79 Å². The minimum Gasteiger partial charge on any atom is -0.459 e. The zero-order valence-corrected chi connectivity index (χ0v) is 21.4. The summed E-state index contributed by atoms with van der Waals surface area (Å²) in [6, 6.07) is 7.92. The molecule has 2 N–H and O–H groups in total. The van der Waals surface area contributed by atoms with E-state index in [4.69, 9.17) is 9.47 Å². The molecule has 0 aromatic heterocycles. The number of carbonyl (C=O) groups excluding carboxylic acids is 3. The van der Waals surface area contributed by atoms with Crippen molar-refractivity contribution < 1.29 is 23.9 Å². The average molecular weight is 475 g/mol. The summed E-state index contributed by atoms with van der Waals surface area (Å²) in [6.45, 7) is 9.42. The van der Waals surface area contributed by atoms with Gasteiger partial charge in [0, 0.05) is 0 Å². The average Bonchev–Trinajstić information content (AvgIpc) is 2.76. The van der Waals surface area contributed by atoms with Crippen molar-refractivity contribution in [3.05, 3.63) is 35.9 Å². The van der Waals surface area contributed by atoms with Crippen molar-refractivity contribution in [3.63, 3.8) is 0 Å². The van der Waals surface area contributed by atoms with Gasteiger partial charge in [-0.25, -0.2) is 9.59 Å². The number of hydrogen-bond acceptors (Lipinski definition) is 5. The summed E-state index contributed by atoms with van der Waals surface area (Å²) >= 11 is 0. The van der Waals surface area contributed by atoms with Crippen molar-refractivity contribution in [2.24, 2.45) is 11.8 Å². The van der Waals surface area contributed by atoms with Crippen LogP contribution in [0, 0.1) is 11.8 Å². The lowest BCUT2D eigenvalue weighted by molar-refractivity contribution is -0.150. The van der Waals surface area contributed by atoms with E-state index in [1.165, 1.54) is 6.42 Å². The van der Waals surface area contributed by atoms with Crippen molar-refractivity contribution in [2.45, 2.75) is 104 Å². The van der Waals surface area contributed by atoms with Crippen LogP contribution >= 0.6 is 0 Å². The van der Waals surface area contributed by atoms with Crippen LogP contribution in [0.5, 0.6) is 0 Å². The fourth-order valence-electron chi connectivity index (χ4n) is 4.22. The molecule has 0 radical (unpaired) electrons. The molecule has 1 fully saturated rings. The smallest absolute Gasteiger partial charge is 0.408 e. The van der Waals surface area contributed by atoms with Gasteiger partial charge in [-0.2, -0.15) is 0 Å². The third-order valence-corrected chi connectivity index (χ3v) is 5.83. The normalized spacial score (nSPS) is 16.4. The van der Waals surface area contributed by atoms with E-state index in [2.05, 4.69) is 10.6 Å². The highest BCUT2D eigenvalue weighted by Crippen LogP contribution is 2.28. The van der Waals surface area contributed by atoms with Gasteiger partial charge >= 0.3 is 12.1 Å². The Labute approximate surface area is 204 Å². The van der Waals surface area contributed by atoms with Crippen LogP contribution in [0.4, 0.5) is 4.79 Å². The third kappa shape index (κ3) is 10.6. The van der Waals surface area contributed by atoms with E-state index in [1.807, 2.05) is 44.2 Å². The Hall–Kier alpha value is -2.57. The molecule has 7 heteroatoms. The molecule has 1 aliphatic carbocycles. The van der Waals surface area contributed by atoms with Gasteiger partial charge in [-0.1, -0.05) is 76.3 Å². The molecule has 1 aromatic rings. The number of benzene rings is 1. The molecule has 2 rings (SSSR count). The maximum atomic E-state index is 13.2. The quantitative estimate of drug-likeness (QED) is 0.459. The van der Waals surface area contributed by atoms with Gasteiger partial charge in [0.05, 0.1) is 0 Å². The van der Waals surface area contributed by atoms with Gasteiger partial charge in [-0.05, 0) is 51.0 Å². The topological polar surface area (TPSA) is 93.7 Å². The molecule has 0 saturated heterocycles. The van der Waals surface area contributed by atoms with E-state index in [1.54, 1.807) is 20.8 Å². The van der Waals surface area contributed by atoms with Crippen molar-refractivity contribution >= 4 is 18.0 Å². The molecule has 0 heterocycles. The summed E-state index contributed by atoms with van der Waals surface area (Å²) in [5.41, 5.74) is 0.219. The highest BCUT2D eigenvalue weighted by molar-refractivity contribution is 5.89. The van der Waals surface area contributed by atoms with Gasteiger partial charge in [0.2, 0.25) is 5.91 Å². The number of esters is 1. The SMILES string of the molecule is CC(C)C[C@@H](NC(=O)OC(C)(C)C)C(=O)N[C@@H](CC1CCCCC1)C(=O)OCc1ccccc1. The van der Waals surface area contributed by atoms with Crippen molar-refractivity contribution in [1.82, 2.24) is 10.6 Å². The van der Waals surface area contributed by atoms with Crippen LogP contribution in [-0.4, -0.2) is 35.7 Å². The molecule has 2 amide bonds. The molecule has 2 atom stereocenters. The number of amides is 2. The van der Waals surface area contributed by atoms with Crippen LogP contribution in [0.15, 0.2) is 30.3 Å². The summed E-state index contributed by atoms with van der Waals surface area (Å²) in [5, 5.41) is 5.58. The highest BCUT2D eigenvalue weighted by atomic mass is 16.6. The van der Waals surface area contributed by atoms with Gasteiger partial charge in [-0.15, -0.1) is 0 Å². The zero-order valence-electron chi connectivity index (χ0n) is 21.4. The maximum absolute atomic E-state index is 13.2. The summed E-state index contributed by atoms with van der Waals surface area (Å²) in [6.07, 6.45) is 5.90. The molecule has 1 aromatic carbocycles. The van der Waals surface area contributed by atoms with Crippen molar-refractivity contribution in [1.29, 1.82) is 0 Å². The number of hydrogen-bond donors (Lipinski definition) is 2. The second-order valence-corrected chi connectivity index (χ2v) is 10.7. The van der Waals surface area contributed by atoms with Crippen molar-refractivity contribution in [2.75, 3.05) is 0 Å². The minimum atomic E-state index is -0.800. The first-order valence-electron chi connectivity index (χ1n) is 12.5. The van der Waals surface area contributed by atoms with E-state index in [-0.39, 0.29) is 12.5 Å². The maximum Gasteiger partial charge on any atom is 0.408 e. The number of nitrogens with one attached hydrogen (secondary N) is 2. The third-order valence-electron chi connectivity index (χ3n) is 5.83. The van der Waals surface area contributed by atoms with Crippen LogP contribution in [0.1, 0.15) is 85.1 Å². The standard InChI is InChI=1S/C27H42N2O5/c1-19(2)16-22(29-26(32)34-27(3,4)5)24(30)28-23(17-20-12-8-6-9-13-20)25(31)33-18-21-14-10-7-11-15-21/h7,10-11,14-15,19-20,22-23H,6,8-9,12-13,16-18H2,1-5H3,(H,28,30)(H,29,32)/t22-,23+/m1/s1. The molecule has 0 bridgehead atoms. The van der Waals surface area contributed by atoms with E-state index in [9.17, 15) is 14.4 Å². The predicted octanol–water partition coefficient (Wildman–Crippen LogP) is 5.12. The molecule has 34 heavy (non-hydrogen) atoms. The summed E-state index contributed by atoms with van der Waals surface area (Å²) < 4.78 is 10.9. The second-order valence-electron chi connectivity index (χ2n) is 10.7. The minimum absolute atomic E-state index is 0.155. The first kappa shape index (κ1) is 27.7. The lowest BCUT2D eigenvalue weighted by Gasteiger charge is -2.28.